The third kappa shape index (κ3) is 3.88. The van der Waals surface area contributed by atoms with Gasteiger partial charge in [0.05, 0.1) is 29.5 Å². The van der Waals surface area contributed by atoms with Crippen LogP contribution in [0.3, 0.4) is 0 Å². The van der Waals surface area contributed by atoms with Crippen LogP contribution in [0.15, 0.2) is 100.0 Å². The zero-order valence-electron chi connectivity index (χ0n) is 15.2. The van der Waals surface area contributed by atoms with Gasteiger partial charge in [0.2, 0.25) is 0 Å². The summed E-state index contributed by atoms with van der Waals surface area (Å²) in [5.41, 5.74) is 3.20. The van der Waals surface area contributed by atoms with E-state index in [-0.39, 0.29) is 23.2 Å². The number of aliphatic imine (C=N–C) groups is 1. The maximum Gasteiger partial charge on any atom is 0.260 e. The molecule has 3 aromatic rings. The van der Waals surface area contributed by atoms with Gasteiger partial charge in [-0.25, -0.2) is 0 Å². The van der Waals surface area contributed by atoms with E-state index in [9.17, 15) is 9.90 Å². The molecule has 2 N–H and O–H groups in total. The van der Waals surface area contributed by atoms with E-state index in [4.69, 9.17) is 4.42 Å². The number of carbonyl (C=O) groups excluding carboxylic acids is 1. The Bertz CT molecular complexity index is 1010. The summed E-state index contributed by atoms with van der Waals surface area (Å²) >= 11 is 0. The molecule has 28 heavy (non-hydrogen) atoms. The molecular weight excluding hydrogens is 352 g/mol. The van der Waals surface area contributed by atoms with E-state index in [1.54, 1.807) is 24.7 Å². The van der Waals surface area contributed by atoms with Crippen LogP contribution in [-0.2, 0) is 4.79 Å². The van der Waals surface area contributed by atoms with E-state index >= 15 is 0 Å². The fraction of sp³-hybridized carbons (Fsp3) is 0.130. The molecule has 0 spiro atoms. The molecule has 1 heterocycles. The Balaban J connectivity index is 1.70. The van der Waals surface area contributed by atoms with Gasteiger partial charge in [0.1, 0.15) is 5.76 Å². The van der Waals surface area contributed by atoms with Gasteiger partial charge in [-0.05, 0) is 48.2 Å². The lowest BCUT2D eigenvalue weighted by Crippen LogP contribution is -2.27. The standard InChI is InChI=1S/C23H20N2O3/c26-21-14-17(16-11-12-28-15-16)13-20(24-18-7-3-1-4-8-18)22(21)23(27)25-19-9-5-2-6-10-19/h1-12,15,17,26H,13-14H2,(H,25,27)/t17-/m1/s1. The van der Waals surface area contributed by atoms with Crippen LogP contribution in [0, 0.1) is 0 Å². The number of nitrogens with one attached hydrogen (secondary N) is 1. The zero-order chi connectivity index (χ0) is 19.3. The first-order chi connectivity index (χ1) is 13.7. The zero-order valence-corrected chi connectivity index (χ0v) is 15.2. The van der Waals surface area contributed by atoms with Gasteiger partial charge in [0.15, 0.2) is 0 Å². The molecule has 0 saturated heterocycles. The number of hydrogen-bond donors (Lipinski definition) is 2. The smallest absolute Gasteiger partial charge is 0.260 e. The van der Waals surface area contributed by atoms with Gasteiger partial charge >= 0.3 is 0 Å². The van der Waals surface area contributed by atoms with Crippen LogP contribution in [0.1, 0.15) is 24.3 Å². The van der Waals surface area contributed by atoms with Gasteiger partial charge in [0, 0.05) is 12.1 Å². The quantitative estimate of drug-likeness (QED) is 0.645. The molecule has 0 unspecified atom stereocenters. The lowest BCUT2D eigenvalue weighted by atomic mass is 9.82. The van der Waals surface area contributed by atoms with Crippen LogP contribution in [0.5, 0.6) is 0 Å². The van der Waals surface area contributed by atoms with Crippen LogP contribution < -0.4 is 5.32 Å². The number of para-hydroxylation sites is 2. The molecular formula is C23H20N2O3. The molecule has 140 valence electrons. The summed E-state index contributed by atoms with van der Waals surface area (Å²) in [5.74, 6) is -0.306. The molecule has 1 aromatic heterocycles. The first kappa shape index (κ1) is 17.8. The number of allylic oxidation sites excluding steroid dienone is 1. The summed E-state index contributed by atoms with van der Waals surface area (Å²) < 4.78 is 5.19. The minimum Gasteiger partial charge on any atom is -0.511 e. The highest BCUT2D eigenvalue weighted by Crippen LogP contribution is 2.35. The van der Waals surface area contributed by atoms with E-state index in [0.29, 0.717) is 24.2 Å². The van der Waals surface area contributed by atoms with Gasteiger partial charge in [-0.15, -0.1) is 0 Å². The molecule has 2 aromatic carbocycles. The van der Waals surface area contributed by atoms with Crippen molar-refractivity contribution in [2.24, 2.45) is 4.99 Å². The molecule has 0 saturated carbocycles. The summed E-state index contributed by atoms with van der Waals surface area (Å²) in [6, 6.07) is 20.5. The van der Waals surface area contributed by atoms with Crippen molar-refractivity contribution < 1.29 is 14.3 Å². The Kier molecular flexibility index (Phi) is 5.06. The number of aliphatic hydroxyl groups excluding tert-OH is 1. The lowest BCUT2D eigenvalue weighted by molar-refractivity contribution is -0.112. The van der Waals surface area contributed by atoms with Crippen LogP contribution in [0.4, 0.5) is 11.4 Å². The second-order valence-electron chi connectivity index (χ2n) is 6.70. The highest BCUT2D eigenvalue weighted by molar-refractivity contribution is 6.26. The van der Waals surface area contributed by atoms with Crippen molar-refractivity contribution in [3.05, 3.63) is 96.2 Å². The third-order valence-corrected chi connectivity index (χ3v) is 4.75. The van der Waals surface area contributed by atoms with Gasteiger partial charge < -0.3 is 14.8 Å². The van der Waals surface area contributed by atoms with E-state index < -0.39 is 0 Å². The fourth-order valence-corrected chi connectivity index (χ4v) is 3.39. The van der Waals surface area contributed by atoms with E-state index in [2.05, 4.69) is 10.3 Å². The predicted molar refractivity (Wildman–Crippen MR) is 109 cm³/mol. The first-order valence-electron chi connectivity index (χ1n) is 9.14. The van der Waals surface area contributed by atoms with Crippen LogP contribution >= 0.6 is 0 Å². The molecule has 1 amide bonds. The number of aliphatic hydroxyl groups is 1. The number of hydrogen-bond acceptors (Lipinski definition) is 4. The highest BCUT2D eigenvalue weighted by Gasteiger charge is 2.31. The number of carbonyl (C=O) groups is 1. The fourth-order valence-electron chi connectivity index (χ4n) is 3.39. The van der Waals surface area contributed by atoms with Gasteiger partial charge in [-0.3, -0.25) is 9.79 Å². The summed E-state index contributed by atoms with van der Waals surface area (Å²) in [5, 5.41) is 13.6. The van der Waals surface area contributed by atoms with Crippen molar-refractivity contribution in [1.29, 1.82) is 0 Å². The predicted octanol–water partition coefficient (Wildman–Crippen LogP) is 5.38. The molecule has 5 heteroatoms. The van der Waals surface area contributed by atoms with E-state index in [0.717, 1.165) is 11.3 Å². The number of furan rings is 1. The van der Waals surface area contributed by atoms with Crippen molar-refractivity contribution in [2.75, 3.05) is 5.32 Å². The molecule has 0 fully saturated rings. The third-order valence-electron chi connectivity index (χ3n) is 4.75. The Morgan fingerprint density at radius 2 is 1.71 bits per heavy atom. The molecule has 0 aliphatic heterocycles. The van der Waals surface area contributed by atoms with Gasteiger partial charge in [-0.2, -0.15) is 0 Å². The summed E-state index contributed by atoms with van der Waals surface area (Å²) in [4.78, 5) is 17.6. The molecule has 5 nitrogen and oxygen atoms in total. The number of anilines is 1. The van der Waals surface area contributed by atoms with Crippen molar-refractivity contribution >= 4 is 23.0 Å². The molecule has 0 radical (unpaired) electrons. The van der Waals surface area contributed by atoms with Crippen LogP contribution in [-0.4, -0.2) is 16.7 Å². The normalized spacial score (nSPS) is 18.3. The van der Waals surface area contributed by atoms with Crippen molar-refractivity contribution in [3.8, 4) is 0 Å². The monoisotopic (exact) mass is 372 g/mol. The topological polar surface area (TPSA) is 74.8 Å². The molecule has 1 aliphatic carbocycles. The largest absolute Gasteiger partial charge is 0.511 e. The van der Waals surface area contributed by atoms with E-state index in [1.165, 1.54) is 0 Å². The maximum absolute atomic E-state index is 12.9. The number of nitrogens with zero attached hydrogens (tertiary/aromatic N) is 1. The Morgan fingerprint density at radius 3 is 2.39 bits per heavy atom. The number of benzene rings is 2. The molecule has 4 rings (SSSR count). The minimum absolute atomic E-state index is 0.00878. The van der Waals surface area contributed by atoms with Crippen LogP contribution in [0.25, 0.3) is 0 Å². The Labute approximate surface area is 163 Å². The van der Waals surface area contributed by atoms with Crippen molar-refractivity contribution in [3.63, 3.8) is 0 Å². The Hall–Kier alpha value is -3.60. The van der Waals surface area contributed by atoms with Gasteiger partial charge in [0.25, 0.3) is 5.91 Å². The molecule has 0 bridgehead atoms. The molecule has 1 atom stereocenters. The highest BCUT2D eigenvalue weighted by atomic mass is 16.3. The number of amides is 1. The van der Waals surface area contributed by atoms with Crippen molar-refractivity contribution in [1.82, 2.24) is 0 Å². The second kappa shape index (κ2) is 7.96. The van der Waals surface area contributed by atoms with Crippen LogP contribution in [0.2, 0.25) is 0 Å². The summed E-state index contributed by atoms with van der Waals surface area (Å²) in [6.07, 6.45) is 4.19. The van der Waals surface area contributed by atoms with Gasteiger partial charge in [-0.1, -0.05) is 36.4 Å². The summed E-state index contributed by atoms with van der Waals surface area (Å²) in [6.45, 7) is 0. The lowest BCUT2D eigenvalue weighted by Gasteiger charge is -2.25. The minimum atomic E-state index is -0.357. The van der Waals surface area contributed by atoms with E-state index in [1.807, 2.05) is 54.6 Å². The Morgan fingerprint density at radius 1 is 1.00 bits per heavy atom. The molecule has 1 aliphatic rings. The van der Waals surface area contributed by atoms with Crippen molar-refractivity contribution in [2.45, 2.75) is 18.8 Å². The first-order valence-corrected chi connectivity index (χ1v) is 9.14. The second-order valence-corrected chi connectivity index (χ2v) is 6.70. The average Bonchev–Trinajstić information content (AvgIpc) is 3.24. The maximum atomic E-state index is 12.9. The SMILES string of the molecule is O=C(Nc1ccccc1)C1=C(O)C[C@H](c2ccoc2)CC1=Nc1ccccc1. The number of rotatable bonds is 4. The average molecular weight is 372 g/mol. The summed E-state index contributed by atoms with van der Waals surface area (Å²) in [7, 11) is 0.